The van der Waals surface area contributed by atoms with Gasteiger partial charge in [-0.1, -0.05) is 0 Å². The van der Waals surface area contributed by atoms with Gasteiger partial charge in [-0.25, -0.2) is 4.39 Å². The second-order valence-electron chi connectivity index (χ2n) is 3.33. The minimum absolute atomic E-state index is 0.00703. The van der Waals surface area contributed by atoms with E-state index in [4.69, 9.17) is 25.1 Å². The van der Waals surface area contributed by atoms with E-state index in [9.17, 15) is 4.39 Å². The lowest BCUT2D eigenvalue weighted by Crippen LogP contribution is -2.17. The van der Waals surface area contributed by atoms with E-state index in [0.717, 1.165) is 0 Å². The van der Waals surface area contributed by atoms with Crippen LogP contribution >= 0.6 is 0 Å². The molecule has 0 amide bonds. The Morgan fingerprint density at radius 1 is 1.62 bits per heavy atom. The zero-order valence-electron chi connectivity index (χ0n) is 8.70. The number of rotatable bonds is 3. The van der Waals surface area contributed by atoms with Gasteiger partial charge in [-0.3, -0.25) is 0 Å². The summed E-state index contributed by atoms with van der Waals surface area (Å²) in [5.41, 5.74) is 5.97. The third-order valence-corrected chi connectivity index (χ3v) is 2.38. The van der Waals surface area contributed by atoms with Crippen LogP contribution in [0.15, 0.2) is 6.07 Å². The van der Waals surface area contributed by atoms with Crippen LogP contribution in [0, 0.1) is 5.82 Å². The summed E-state index contributed by atoms with van der Waals surface area (Å²) in [6.45, 7) is -0.331. The lowest BCUT2D eigenvalue weighted by Gasteiger charge is -2.16. The minimum Gasteiger partial charge on any atom is -0.493 e. The SMILES string of the molecule is COc1c(F)cc2c(c1C(N)CO)OCO2. The lowest BCUT2D eigenvalue weighted by atomic mass is 10.0. The van der Waals surface area contributed by atoms with Crippen molar-refractivity contribution in [3.8, 4) is 17.2 Å². The van der Waals surface area contributed by atoms with Crippen LogP contribution in [0.25, 0.3) is 0 Å². The molecule has 0 radical (unpaired) electrons. The number of aliphatic hydroxyl groups is 1. The molecule has 88 valence electrons. The summed E-state index contributed by atoms with van der Waals surface area (Å²) >= 11 is 0. The third-order valence-electron chi connectivity index (χ3n) is 2.38. The van der Waals surface area contributed by atoms with Crippen molar-refractivity contribution in [2.75, 3.05) is 20.5 Å². The molecule has 0 aliphatic carbocycles. The first kappa shape index (κ1) is 11.0. The summed E-state index contributed by atoms with van der Waals surface area (Å²) in [5.74, 6) is -0.00606. The molecule has 6 heteroatoms. The van der Waals surface area contributed by atoms with Gasteiger partial charge in [0.05, 0.1) is 25.3 Å². The number of halogens is 1. The molecule has 1 atom stereocenters. The molecular formula is C10H12FNO4. The Balaban J connectivity index is 2.61. The summed E-state index contributed by atoms with van der Waals surface area (Å²) in [5, 5.41) is 9.03. The van der Waals surface area contributed by atoms with Gasteiger partial charge >= 0.3 is 0 Å². The maximum Gasteiger partial charge on any atom is 0.231 e. The average Bonchev–Trinajstić information content (AvgIpc) is 2.73. The number of methoxy groups -OCH3 is 1. The molecule has 1 aromatic rings. The highest BCUT2D eigenvalue weighted by Crippen LogP contribution is 2.44. The van der Waals surface area contributed by atoms with Gasteiger partial charge in [-0.2, -0.15) is 0 Å². The average molecular weight is 229 g/mol. The second kappa shape index (κ2) is 4.15. The molecule has 5 nitrogen and oxygen atoms in total. The van der Waals surface area contributed by atoms with Crippen LogP contribution in [-0.2, 0) is 0 Å². The van der Waals surface area contributed by atoms with E-state index in [0.29, 0.717) is 5.75 Å². The van der Waals surface area contributed by atoms with Gasteiger partial charge < -0.3 is 25.1 Å². The fraction of sp³-hybridized carbons (Fsp3) is 0.400. The standard InChI is InChI=1S/C10H12FNO4/c1-14-9-5(11)2-7-10(16-4-15-7)8(9)6(12)3-13/h2,6,13H,3-4,12H2,1H3. The summed E-state index contributed by atoms with van der Waals surface area (Å²) < 4.78 is 28.8. The molecule has 3 N–H and O–H groups in total. The van der Waals surface area contributed by atoms with E-state index in [1.807, 2.05) is 0 Å². The second-order valence-corrected chi connectivity index (χ2v) is 3.33. The molecule has 1 heterocycles. The van der Waals surface area contributed by atoms with Crippen LogP contribution in [0.2, 0.25) is 0 Å². The van der Waals surface area contributed by atoms with Gasteiger partial charge in [-0.05, 0) is 0 Å². The van der Waals surface area contributed by atoms with E-state index in [2.05, 4.69) is 0 Å². The molecule has 16 heavy (non-hydrogen) atoms. The molecule has 1 aliphatic heterocycles. The molecule has 0 bridgehead atoms. The molecule has 0 spiro atoms. The molecule has 0 aromatic heterocycles. The van der Waals surface area contributed by atoms with Gasteiger partial charge in [0.1, 0.15) is 0 Å². The molecule has 2 rings (SSSR count). The number of aliphatic hydroxyl groups excluding tert-OH is 1. The lowest BCUT2D eigenvalue weighted by molar-refractivity contribution is 0.171. The maximum absolute atomic E-state index is 13.6. The molecule has 0 saturated heterocycles. The van der Waals surface area contributed by atoms with Crippen molar-refractivity contribution in [1.82, 2.24) is 0 Å². The van der Waals surface area contributed by atoms with Crippen molar-refractivity contribution in [3.05, 3.63) is 17.4 Å². The van der Waals surface area contributed by atoms with Crippen LogP contribution in [0.4, 0.5) is 4.39 Å². The number of ether oxygens (including phenoxy) is 3. The van der Waals surface area contributed by atoms with E-state index < -0.39 is 11.9 Å². The third kappa shape index (κ3) is 1.56. The zero-order chi connectivity index (χ0) is 11.7. The first-order valence-electron chi connectivity index (χ1n) is 4.71. The molecule has 0 saturated carbocycles. The quantitative estimate of drug-likeness (QED) is 0.792. The highest BCUT2D eigenvalue weighted by molar-refractivity contribution is 5.57. The van der Waals surface area contributed by atoms with Crippen molar-refractivity contribution in [3.63, 3.8) is 0 Å². The van der Waals surface area contributed by atoms with E-state index in [1.54, 1.807) is 0 Å². The van der Waals surface area contributed by atoms with Gasteiger partial charge in [0.2, 0.25) is 6.79 Å². The predicted molar refractivity (Wildman–Crippen MR) is 53.1 cm³/mol. The van der Waals surface area contributed by atoms with Gasteiger partial charge in [-0.15, -0.1) is 0 Å². The van der Waals surface area contributed by atoms with Crippen molar-refractivity contribution in [1.29, 1.82) is 0 Å². The maximum atomic E-state index is 13.6. The van der Waals surface area contributed by atoms with E-state index in [1.165, 1.54) is 13.2 Å². The topological polar surface area (TPSA) is 73.9 Å². The number of benzene rings is 1. The van der Waals surface area contributed by atoms with Crippen molar-refractivity contribution < 1.29 is 23.7 Å². The summed E-state index contributed by atoms with van der Waals surface area (Å²) in [7, 11) is 1.33. The molecular weight excluding hydrogens is 217 g/mol. The van der Waals surface area contributed by atoms with Crippen LogP contribution in [0.5, 0.6) is 17.2 Å². The van der Waals surface area contributed by atoms with E-state index in [-0.39, 0.29) is 30.5 Å². The zero-order valence-corrected chi connectivity index (χ0v) is 8.70. The Morgan fingerprint density at radius 3 is 3.00 bits per heavy atom. The normalized spacial score (nSPS) is 15.0. The molecule has 1 aliphatic rings. The molecule has 1 unspecified atom stereocenters. The predicted octanol–water partition coefficient (Wildman–Crippen LogP) is 0.555. The van der Waals surface area contributed by atoms with Crippen molar-refractivity contribution in [2.24, 2.45) is 5.73 Å². The fourth-order valence-corrected chi connectivity index (χ4v) is 1.65. The Bertz CT molecular complexity index is 407. The fourth-order valence-electron chi connectivity index (χ4n) is 1.65. The summed E-state index contributed by atoms with van der Waals surface area (Å²) in [4.78, 5) is 0. The first-order valence-corrected chi connectivity index (χ1v) is 4.71. The molecule has 1 aromatic carbocycles. The monoisotopic (exact) mass is 229 g/mol. The largest absolute Gasteiger partial charge is 0.493 e. The highest BCUT2D eigenvalue weighted by Gasteiger charge is 2.28. The van der Waals surface area contributed by atoms with Crippen molar-refractivity contribution in [2.45, 2.75) is 6.04 Å². The molecule has 0 fully saturated rings. The minimum atomic E-state index is -0.777. The Labute approximate surface area is 91.5 Å². The first-order chi connectivity index (χ1) is 7.69. The van der Waals surface area contributed by atoms with Gasteiger partial charge in [0.15, 0.2) is 23.1 Å². The van der Waals surface area contributed by atoms with E-state index >= 15 is 0 Å². The Morgan fingerprint density at radius 2 is 2.38 bits per heavy atom. The Kier molecular flexibility index (Phi) is 2.84. The van der Waals surface area contributed by atoms with Gasteiger partial charge in [0, 0.05) is 6.07 Å². The number of fused-ring (bicyclic) bond motifs is 1. The number of hydrogen-bond donors (Lipinski definition) is 2. The van der Waals surface area contributed by atoms with Crippen LogP contribution in [-0.4, -0.2) is 25.6 Å². The number of hydrogen-bond acceptors (Lipinski definition) is 5. The highest BCUT2D eigenvalue weighted by atomic mass is 19.1. The van der Waals surface area contributed by atoms with Gasteiger partial charge in [0.25, 0.3) is 0 Å². The smallest absolute Gasteiger partial charge is 0.231 e. The van der Waals surface area contributed by atoms with Crippen LogP contribution in [0.3, 0.4) is 0 Å². The van der Waals surface area contributed by atoms with Crippen molar-refractivity contribution >= 4 is 0 Å². The van der Waals surface area contributed by atoms with Crippen LogP contribution < -0.4 is 19.9 Å². The Hall–Kier alpha value is -1.53. The summed E-state index contributed by atoms with van der Waals surface area (Å²) in [6, 6.07) is 0.399. The summed E-state index contributed by atoms with van der Waals surface area (Å²) in [6.07, 6.45) is 0. The van der Waals surface area contributed by atoms with Crippen LogP contribution in [0.1, 0.15) is 11.6 Å². The number of nitrogens with two attached hydrogens (primary N) is 1.